The van der Waals surface area contributed by atoms with Crippen molar-refractivity contribution in [2.45, 2.75) is 19.2 Å². The first-order valence-corrected chi connectivity index (χ1v) is 3.57. The standard InChI is InChI=1S/C7H9F3N2O/c1-4-5(3-11-12(4)2)6(13)7(8,9)10/h3,6,13H,1-2H3. The van der Waals surface area contributed by atoms with E-state index < -0.39 is 12.3 Å². The van der Waals surface area contributed by atoms with Crippen molar-refractivity contribution in [2.24, 2.45) is 7.05 Å². The van der Waals surface area contributed by atoms with E-state index in [0.29, 0.717) is 5.69 Å². The van der Waals surface area contributed by atoms with Gasteiger partial charge in [-0.3, -0.25) is 4.68 Å². The van der Waals surface area contributed by atoms with Crippen molar-refractivity contribution < 1.29 is 18.3 Å². The normalized spacial score (nSPS) is 14.6. The zero-order valence-electron chi connectivity index (χ0n) is 7.13. The molecule has 0 amide bonds. The first-order valence-electron chi connectivity index (χ1n) is 3.57. The number of aliphatic hydroxyl groups excluding tert-OH is 1. The Morgan fingerprint density at radius 1 is 1.54 bits per heavy atom. The van der Waals surface area contributed by atoms with Gasteiger partial charge in [-0.05, 0) is 6.92 Å². The molecule has 0 spiro atoms. The van der Waals surface area contributed by atoms with Gasteiger partial charge in [0.25, 0.3) is 0 Å². The molecule has 0 aliphatic heterocycles. The van der Waals surface area contributed by atoms with Crippen molar-refractivity contribution in [2.75, 3.05) is 0 Å². The summed E-state index contributed by atoms with van der Waals surface area (Å²) in [5, 5.41) is 12.5. The van der Waals surface area contributed by atoms with Gasteiger partial charge in [-0.2, -0.15) is 18.3 Å². The molecule has 0 aliphatic carbocycles. The highest BCUT2D eigenvalue weighted by Gasteiger charge is 2.40. The van der Waals surface area contributed by atoms with E-state index in [1.54, 1.807) is 0 Å². The maximum atomic E-state index is 12.0. The van der Waals surface area contributed by atoms with Crippen LogP contribution in [-0.2, 0) is 7.05 Å². The molecule has 74 valence electrons. The van der Waals surface area contributed by atoms with Crippen LogP contribution in [0.1, 0.15) is 17.4 Å². The van der Waals surface area contributed by atoms with Crippen LogP contribution in [0.25, 0.3) is 0 Å². The summed E-state index contributed by atoms with van der Waals surface area (Å²) >= 11 is 0. The third-order valence-corrected chi connectivity index (χ3v) is 1.88. The minimum absolute atomic E-state index is 0.199. The van der Waals surface area contributed by atoms with Gasteiger partial charge in [0.1, 0.15) is 0 Å². The zero-order valence-corrected chi connectivity index (χ0v) is 7.13. The molecule has 0 bridgehead atoms. The lowest BCUT2D eigenvalue weighted by Gasteiger charge is -2.13. The first kappa shape index (κ1) is 10.0. The fourth-order valence-electron chi connectivity index (χ4n) is 0.960. The highest BCUT2D eigenvalue weighted by atomic mass is 19.4. The first-order chi connectivity index (χ1) is 5.84. The minimum Gasteiger partial charge on any atom is -0.379 e. The van der Waals surface area contributed by atoms with E-state index in [9.17, 15) is 13.2 Å². The van der Waals surface area contributed by atoms with E-state index in [-0.39, 0.29) is 5.56 Å². The van der Waals surface area contributed by atoms with Crippen molar-refractivity contribution in [3.63, 3.8) is 0 Å². The van der Waals surface area contributed by atoms with Gasteiger partial charge in [0.05, 0.1) is 6.20 Å². The summed E-state index contributed by atoms with van der Waals surface area (Å²) in [7, 11) is 1.52. The van der Waals surface area contributed by atoms with Crippen LogP contribution in [-0.4, -0.2) is 21.1 Å². The Morgan fingerprint density at radius 2 is 2.08 bits per heavy atom. The van der Waals surface area contributed by atoms with Gasteiger partial charge < -0.3 is 5.11 Å². The van der Waals surface area contributed by atoms with Gasteiger partial charge >= 0.3 is 6.18 Å². The second-order valence-electron chi connectivity index (χ2n) is 2.75. The summed E-state index contributed by atoms with van der Waals surface area (Å²) < 4.78 is 37.4. The van der Waals surface area contributed by atoms with Crippen LogP contribution in [0.3, 0.4) is 0 Å². The molecule has 13 heavy (non-hydrogen) atoms. The molecule has 0 radical (unpaired) electrons. The molecule has 1 N–H and O–H groups in total. The molecule has 0 saturated heterocycles. The van der Waals surface area contributed by atoms with Gasteiger partial charge in [-0.15, -0.1) is 0 Å². The van der Waals surface area contributed by atoms with Crippen LogP contribution in [0.15, 0.2) is 6.20 Å². The molecule has 1 aromatic rings. The fourth-order valence-corrected chi connectivity index (χ4v) is 0.960. The van der Waals surface area contributed by atoms with Crippen molar-refractivity contribution >= 4 is 0 Å². The smallest absolute Gasteiger partial charge is 0.379 e. The van der Waals surface area contributed by atoms with Crippen molar-refractivity contribution in [3.05, 3.63) is 17.5 Å². The summed E-state index contributed by atoms with van der Waals surface area (Å²) in [6.07, 6.45) is -6.05. The Labute approximate surface area is 72.8 Å². The molecular weight excluding hydrogens is 185 g/mol. The number of hydrogen-bond donors (Lipinski definition) is 1. The van der Waals surface area contributed by atoms with Gasteiger partial charge in [0, 0.05) is 18.3 Å². The second-order valence-corrected chi connectivity index (χ2v) is 2.75. The number of nitrogens with zero attached hydrogens (tertiary/aromatic N) is 2. The highest BCUT2D eigenvalue weighted by molar-refractivity contribution is 5.19. The largest absolute Gasteiger partial charge is 0.418 e. The Bertz CT molecular complexity index is 305. The lowest BCUT2D eigenvalue weighted by Crippen LogP contribution is -2.20. The quantitative estimate of drug-likeness (QED) is 0.732. The van der Waals surface area contributed by atoms with Crippen LogP contribution >= 0.6 is 0 Å². The summed E-state index contributed by atoms with van der Waals surface area (Å²) in [5.74, 6) is 0. The van der Waals surface area contributed by atoms with Crippen molar-refractivity contribution in [1.29, 1.82) is 0 Å². The number of hydrogen-bond acceptors (Lipinski definition) is 2. The van der Waals surface area contributed by atoms with Crippen LogP contribution < -0.4 is 0 Å². The van der Waals surface area contributed by atoms with E-state index in [1.807, 2.05) is 0 Å². The SMILES string of the molecule is Cc1c(C(O)C(F)(F)F)cnn1C. The molecule has 1 atom stereocenters. The predicted octanol–water partition coefficient (Wildman–Crippen LogP) is 1.32. The van der Waals surface area contributed by atoms with Gasteiger partial charge in [0.2, 0.25) is 0 Å². The Kier molecular flexibility index (Phi) is 2.34. The third kappa shape index (κ3) is 1.82. The Hall–Kier alpha value is -1.04. The Balaban J connectivity index is 3.02. The highest BCUT2D eigenvalue weighted by Crippen LogP contribution is 2.33. The summed E-state index contributed by atoms with van der Waals surface area (Å²) in [6.45, 7) is 1.47. The maximum absolute atomic E-state index is 12.0. The molecule has 1 heterocycles. The van der Waals surface area contributed by atoms with E-state index in [2.05, 4.69) is 5.10 Å². The molecule has 3 nitrogen and oxygen atoms in total. The summed E-state index contributed by atoms with van der Waals surface area (Å²) in [5.41, 5.74) is 0.111. The predicted molar refractivity (Wildman–Crippen MR) is 39.0 cm³/mol. The average molecular weight is 194 g/mol. The van der Waals surface area contributed by atoms with Crippen LogP contribution in [0.4, 0.5) is 13.2 Å². The molecule has 0 aliphatic rings. The molecule has 6 heteroatoms. The summed E-state index contributed by atoms with van der Waals surface area (Å²) in [4.78, 5) is 0. The molecule has 1 rings (SSSR count). The van der Waals surface area contributed by atoms with Crippen LogP contribution in [0.2, 0.25) is 0 Å². The zero-order chi connectivity index (χ0) is 10.2. The molecule has 0 fully saturated rings. The third-order valence-electron chi connectivity index (χ3n) is 1.88. The van der Waals surface area contributed by atoms with E-state index in [0.717, 1.165) is 6.20 Å². The monoisotopic (exact) mass is 194 g/mol. The molecular formula is C7H9F3N2O. The molecule has 1 unspecified atom stereocenters. The van der Waals surface area contributed by atoms with Gasteiger partial charge in [-0.1, -0.05) is 0 Å². The van der Waals surface area contributed by atoms with Crippen molar-refractivity contribution in [1.82, 2.24) is 9.78 Å². The second kappa shape index (κ2) is 3.02. The molecule has 1 aromatic heterocycles. The number of alkyl halides is 3. The molecule has 0 aromatic carbocycles. The number of aromatic nitrogens is 2. The molecule has 0 saturated carbocycles. The van der Waals surface area contributed by atoms with Crippen LogP contribution in [0, 0.1) is 6.92 Å². The van der Waals surface area contributed by atoms with Gasteiger partial charge in [0.15, 0.2) is 6.10 Å². The fraction of sp³-hybridized carbons (Fsp3) is 0.571. The summed E-state index contributed by atoms with van der Waals surface area (Å²) in [6, 6.07) is 0. The maximum Gasteiger partial charge on any atom is 0.418 e. The lowest BCUT2D eigenvalue weighted by atomic mass is 10.1. The topological polar surface area (TPSA) is 38.1 Å². The van der Waals surface area contributed by atoms with Crippen molar-refractivity contribution in [3.8, 4) is 0 Å². The van der Waals surface area contributed by atoms with E-state index >= 15 is 0 Å². The minimum atomic E-state index is -4.63. The van der Waals surface area contributed by atoms with Crippen LogP contribution in [0.5, 0.6) is 0 Å². The number of aryl methyl sites for hydroxylation is 1. The van der Waals surface area contributed by atoms with Gasteiger partial charge in [-0.25, -0.2) is 0 Å². The number of aliphatic hydroxyl groups is 1. The lowest BCUT2D eigenvalue weighted by molar-refractivity contribution is -0.207. The average Bonchev–Trinajstić information content (AvgIpc) is 2.30. The Morgan fingerprint density at radius 3 is 2.38 bits per heavy atom. The number of rotatable bonds is 1. The van der Waals surface area contributed by atoms with E-state index in [4.69, 9.17) is 5.11 Å². The van der Waals surface area contributed by atoms with E-state index in [1.165, 1.54) is 18.7 Å². The number of halogens is 3.